The molecule has 82 valence electrons. The van der Waals surface area contributed by atoms with E-state index in [9.17, 15) is 4.79 Å². The van der Waals surface area contributed by atoms with Crippen LogP contribution in [0.25, 0.3) is 0 Å². The van der Waals surface area contributed by atoms with Gasteiger partial charge in [0.2, 0.25) is 0 Å². The van der Waals surface area contributed by atoms with E-state index < -0.39 is 0 Å². The summed E-state index contributed by atoms with van der Waals surface area (Å²) < 4.78 is 5.25. The first kappa shape index (κ1) is 11.9. The van der Waals surface area contributed by atoms with E-state index in [0.29, 0.717) is 6.54 Å². The number of rotatable bonds is 2. The third kappa shape index (κ3) is 4.86. The number of ether oxygens (including phenoxy) is 1. The minimum atomic E-state index is -0.360. The van der Waals surface area contributed by atoms with E-state index in [1.807, 2.05) is 32.5 Å². The molecule has 0 spiro atoms. The van der Waals surface area contributed by atoms with Gasteiger partial charge >= 0.3 is 5.97 Å². The maximum absolute atomic E-state index is 11.5. The van der Waals surface area contributed by atoms with Crippen LogP contribution in [0.3, 0.4) is 0 Å². The molecule has 4 heteroatoms. The molecule has 3 nitrogen and oxygen atoms in total. The van der Waals surface area contributed by atoms with Gasteiger partial charge in [0.1, 0.15) is 5.60 Å². The molecule has 1 rings (SSSR count). The molecule has 1 heterocycles. The fourth-order valence-electron chi connectivity index (χ4n) is 1.32. The van der Waals surface area contributed by atoms with Crippen LogP contribution in [0.4, 0.5) is 0 Å². The molecule has 1 saturated heterocycles. The number of esters is 1. The predicted molar refractivity (Wildman–Crippen MR) is 59.6 cm³/mol. The van der Waals surface area contributed by atoms with Crippen molar-refractivity contribution in [3.63, 3.8) is 0 Å². The normalized spacial score (nSPS) is 19.4. The average Bonchev–Trinajstić information content (AvgIpc) is 2.02. The lowest BCUT2D eigenvalue weighted by molar-refractivity contribution is -0.156. The summed E-state index contributed by atoms with van der Waals surface area (Å²) in [5.41, 5.74) is -0.360. The third-order valence-electron chi connectivity index (χ3n) is 1.88. The molecule has 0 atom stereocenters. The van der Waals surface area contributed by atoms with Crippen LogP contribution in [0.15, 0.2) is 0 Å². The molecule has 1 fully saturated rings. The van der Waals surface area contributed by atoms with Gasteiger partial charge in [-0.3, -0.25) is 9.69 Å². The van der Waals surface area contributed by atoms with Gasteiger partial charge in [0.05, 0.1) is 6.54 Å². The number of carbonyl (C=O) groups is 1. The van der Waals surface area contributed by atoms with Crippen molar-refractivity contribution in [1.29, 1.82) is 0 Å². The van der Waals surface area contributed by atoms with E-state index in [0.717, 1.165) is 24.6 Å². The number of carbonyl (C=O) groups excluding carboxylic acids is 1. The molecule has 14 heavy (non-hydrogen) atoms. The Morgan fingerprint density at radius 2 is 1.93 bits per heavy atom. The van der Waals surface area contributed by atoms with Crippen molar-refractivity contribution in [2.45, 2.75) is 26.4 Å². The number of nitrogens with zero attached hydrogens (tertiary/aromatic N) is 1. The largest absolute Gasteiger partial charge is 0.459 e. The van der Waals surface area contributed by atoms with Gasteiger partial charge in [0, 0.05) is 24.6 Å². The van der Waals surface area contributed by atoms with E-state index >= 15 is 0 Å². The van der Waals surface area contributed by atoms with Crippen LogP contribution in [-0.4, -0.2) is 47.6 Å². The average molecular weight is 217 g/mol. The van der Waals surface area contributed by atoms with Crippen LogP contribution in [-0.2, 0) is 9.53 Å². The van der Waals surface area contributed by atoms with Gasteiger partial charge in [0.25, 0.3) is 0 Å². The van der Waals surface area contributed by atoms with Crippen LogP contribution in [0, 0.1) is 0 Å². The molecule has 1 aliphatic heterocycles. The Kier molecular flexibility index (Phi) is 4.26. The van der Waals surface area contributed by atoms with Crippen LogP contribution >= 0.6 is 11.8 Å². The highest BCUT2D eigenvalue weighted by Crippen LogP contribution is 2.11. The number of hydrogen-bond acceptors (Lipinski definition) is 4. The van der Waals surface area contributed by atoms with Gasteiger partial charge in [-0.05, 0) is 20.8 Å². The maximum Gasteiger partial charge on any atom is 0.320 e. The molecule has 0 aromatic heterocycles. The van der Waals surface area contributed by atoms with Crippen LogP contribution in [0.5, 0.6) is 0 Å². The Hall–Kier alpha value is -0.220. The monoisotopic (exact) mass is 217 g/mol. The molecule has 1 aliphatic rings. The molecular formula is C10H19NO2S. The first-order valence-electron chi connectivity index (χ1n) is 4.99. The van der Waals surface area contributed by atoms with Crippen molar-refractivity contribution in [3.8, 4) is 0 Å². The highest BCUT2D eigenvalue weighted by atomic mass is 32.2. The van der Waals surface area contributed by atoms with E-state index in [4.69, 9.17) is 4.74 Å². The lowest BCUT2D eigenvalue weighted by Gasteiger charge is -2.27. The van der Waals surface area contributed by atoms with Crippen molar-refractivity contribution in [3.05, 3.63) is 0 Å². The Bertz CT molecular complexity index is 195. The van der Waals surface area contributed by atoms with Crippen molar-refractivity contribution >= 4 is 17.7 Å². The first-order chi connectivity index (χ1) is 6.47. The number of hydrogen-bond donors (Lipinski definition) is 0. The second kappa shape index (κ2) is 5.03. The number of thioether (sulfide) groups is 1. The maximum atomic E-state index is 11.5. The fourth-order valence-corrected chi connectivity index (χ4v) is 2.29. The molecule has 0 saturated carbocycles. The van der Waals surface area contributed by atoms with Gasteiger partial charge in [-0.25, -0.2) is 0 Å². The Morgan fingerprint density at radius 1 is 1.36 bits per heavy atom. The van der Waals surface area contributed by atoms with Crippen molar-refractivity contribution in [2.75, 3.05) is 31.1 Å². The minimum absolute atomic E-state index is 0.107. The van der Waals surface area contributed by atoms with Crippen LogP contribution in [0.2, 0.25) is 0 Å². The minimum Gasteiger partial charge on any atom is -0.459 e. The second-order valence-electron chi connectivity index (χ2n) is 4.47. The third-order valence-corrected chi connectivity index (χ3v) is 2.82. The first-order valence-corrected chi connectivity index (χ1v) is 6.15. The van der Waals surface area contributed by atoms with Crippen molar-refractivity contribution in [2.24, 2.45) is 0 Å². The smallest absolute Gasteiger partial charge is 0.320 e. The highest BCUT2D eigenvalue weighted by molar-refractivity contribution is 7.99. The van der Waals surface area contributed by atoms with Crippen LogP contribution < -0.4 is 0 Å². The Morgan fingerprint density at radius 3 is 2.43 bits per heavy atom. The van der Waals surface area contributed by atoms with E-state index in [-0.39, 0.29) is 11.6 Å². The zero-order valence-corrected chi connectivity index (χ0v) is 10.0. The summed E-state index contributed by atoms with van der Waals surface area (Å²) in [5.74, 6) is 2.15. The summed E-state index contributed by atoms with van der Waals surface area (Å²) in [6.45, 7) is 8.15. The van der Waals surface area contributed by atoms with Crippen molar-refractivity contribution < 1.29 is 9.53 Å². The standard InChI is InChI=1S/C10H19NO2S/c1-10(2,3)13-9(12)8-11-4-6-14-7-5-11/h4-8H2,1-3H3. The molecule has 0 amide bonds. The summed E-state index contributed by atoms with van der Waals surface area (Å²) in [5, 5.41) is 0. The molecule has 0 aromatic rings. The summed E-state index contributed by atoms with van der Waals surface area (Å²) in [7, 11) is 0. The Labute approximate surface area is 90.2 Å². The van der Waals surface area contributed by atoms with Crippen LogP contribution in [0.1, 0.15) is 20.8 Å². The van der Waals surface area contributed by atoms with Gasteiger partial charge < -0.3 is 4.74 Å². The fraction of sp³-hybridized carbons (Fsp3) is 0.900. The molecule has 0 aromatic carbocycles. The van der Waals surface area contributed by atoms with E-state index in [1.54, 1.807) is 0 Å². The Balaban J connectivity index is 2.25. The lowest BCUT2D eigenvalue weighted by Crippen LogP contribution is -2.39. The molecule has 0 radical (unpaired) electrons. The second-order valence-corrected chi connectivity index (χ2v) is 5.70. The molecule has 0 N–H and O–H groups in total. The van der Waals surface area contributed by atoms with E-state index in [1.165, 1.54) is 0 Å². The zero-order chi connectivity index (χ0) is 10.6. The van der Waals surface area contributed by atoms with Gasteiger partial charge in [-0.1, -0.05) is 0 Å². The van der Waals surface area contributed by atoms with Gasteiger partial charge in [-0.15, -0.1) is 0 Å². The molecule has 0 unspecified atom stereocenters. The summed E-state index contributed by atoms with van der Waals surface area (Å²) in [6, 6.07) is 0. The molecule has 0 bridgehead atoms. The van der Waals surface area contributed by atoms with Crippen molar-refractivity contribution in [1.82, 2.24) is 4.90 Å². The summed E-state index contributed by atoms with van der Waals surface area (Å²) >= 11 is 1.95. The topological polar surface area (TPSA) is 29.5 Å². The highest BCUT2D eigenvalue weighted by Gasteiger charge is 2.19. The SMILES string of the molecule is CC(C)(C)OC(=O)CN1CCSCC1. The van der Waals surface area contributed by atoms with Gasteiger partial charge in [0.15, 0.2) is 0 Å². The quantitative estimate of drug-likeness (QED) is 0.654. The molecule has 0 aliphatic carbocycles. The lowest BCUT2D eigenvalue weighted by atomic mass is 10.2. The van der Waals surface area contributed by atoms with Gasteiger partial charge in [-0.2, -0.15) is 11.8 Å². The zero-order valence-electron chi connectivity index (χ0n) is 9.21. The van der Waals surface area contributed by atoms with E-state index in [2.05, 4.69) is 4.90 Å². The summed E-state index contributed by atoms with van der Waals surface area (Å²) in [6.07, 6.45) is 0. The predicted octanol–water partition coefficient (Wildman–Crippen LogP) is 1.38. The summed E-state index contributed by atoms with van der Waals surface area (Å²) in [4.78, 5) is 13.6. The molecular weight excluding hydrogens is 198 g/mol.